The maximum Gasteiger partial charge on any atom is 0.248 e. The van der Waals surface area contributed by atoms with Crippen LogP contribution in [-0.4, -0.2) is 18.9 Å². The first-order chi connectivity index (χ1) is 17.1. The number of carbonyl (C=O) groups is 2. The summed E-state index contributed by atoms with van der Waals surface area (Å²) in [5.74, 6) is -0.624. The molecule has 3 aromatic carbocycles. The number of ether oxygens (including phenoxy) is 1. The van der Waals surface area contributed by atoms with Crippen molar-refractivity contribution < 1.29 is 18.7 Å². The van der Waals surface area contributed by atoms with Crippen molar-refractivity contribution in [2.45, 2.75) is 19.0 Å². The number of nitrogens with zero attached hydrogens (tertiary/aromatic N) is 1. The van der Waals surface area contributed by atoms with Crippen molar-refractivity contribution >= 4 is 28.8 Å². The van der Waals surface area contributed by atoms with Gasteiger partial charge in [0.2, 0.25) is 11.8 Å². The maximum absolute atomic E-state index is 15.0. The van der Waals surface area contributed by atoms with E-state index in [2.05, 4.69) is 5.32 Å². The van der Waals surface area contributed by atoms with Crippen molar-refractivity contribution in [3.05, 3.63) is 118 Å². The van der Waals surface area contributed by atoms with Crippen LogP contribution in [0.3, 0.4) is 0 Å². The smallest absolute Gasteiger partial charge is 0.248 e. The van der Waals surface area contributed by atoms with E-state index in [4.69, 9.17) is 4.74 Å². The van der Waals surface area contributed by atoms with E-state index in [-0.39, 0.29) is 24.4 Å². The largest absolute Gasteiger partial charge is 0.497 e. The Balaban J connectivity index is 1.69. The van der Waals surface area contributed by atoms with Crippen LogP contribution in [0.5, 0.6) is 5.75 Å². The van der Waals surface area contributed by atoms with Gasteiger partial charge in [0.15, 0.2) is 0 Å². The summed E-state index contributed by atoms with van der Waals surface area (Å²) in [4.78, 5) is 29.5. The highest BCUT2D eigenvalue weighted by Gasteiger charge is 2.34. The number of nitrogens with one attached hydrogen (secondary N) is 1. The number of hydrogen-bond donors (Lipinski definition) is 1. The van der Waals surface area contributed by atoms with Gasteiger partial charge in [0, 0.05) is 22.7 Å². The highest BCUT2D eigenvalue weighted by molar-refractivity contribution is 7.10. The van der Waals surface area contributed by atoms with Gasteiger partial charge in [-0.05, 0) is 47.3 Å². The van der Waals surface area contributed by atoms with Crippen LogP contribution in [0.4, 0.5) is 10.1 Å². The summed E-state index contributed by atoms with van der Waals surface area (Å²) in [5, 5.41) is 4.78. The van der Waals surface area contributed by atoms with Crippen molar-refractivity contribution in [1.82, 2.24) is 5.32 Å². The van der Waals surface area contributed by atoms with Gasteiger partial charge in [-0.25, -0.2) is 4.39 Å². The summed E-state index contributed by atoms with van der Waals surface area (Å²) in [5.41, 5.74) is 1.49. The molecule has 4 rings (SSSR count). The lowest BCUT2D eigenvalue weighted by molar-refractivity contribution is -0.126. The van der Waals surface area contributed by atoms with Gasteiger partial charge < -0.3 is 10.1 Å². The molecule has 1 heterocycles. The van der Waals surface area contributed by atoms with E-state index < -0.39 is 17.8 Å². The zero-order valence-corrected chi connectivity index (χ0v) is 20.0. The summed E-state index contributed by atoms with van der Waals surface area (Å²) in [6.45, 7) is 0.218. The van der Waals surface area contributed by atoms with Gasteiger partial charge in [-0.3, -0.25) is 14.5 Å². The van der Waals surface area contributed by atoms with Crippen molar-refractivity contribution in [3.8, 4) is 5.75 Å². The van der Waals surface area contributed by atoms with Gasteiger partial charge in [0.05, 0.1) is 13.5 Å². The Morgan fingerprint density at radius 2 is 1.66 bits per heavy atom. The Kier molecular flexibility index (Phi) is 7.90. The average Bonchev–Trinajstić information content (AvgIpc) is 3.40. The van der Waals surface area contributed by atoms with Crippen molar-refractivity contribution in [2.75, 3.05) is 12.0 Å². The fourth-order valence-electron chi connectivity index (χ4n) is 3.80. The lowest BCUT2D eigenvalue weighted by Crippen LogP contribution is -2.44. The van der Waals surface area contributed by atoms with E-state index in [9.17, 15) is 9.59 Å². The third-order valence-corrected chi connectivity index (χ3v) is 6.42. The molecule has 0 bridgehead atoms. The lowest BCUT2D eigenvalue weighted by Gasteiger charge is -2.31. The molecule has 0 spiro atoms. The normalized spacial score (nSPS) is 11.5. The number of methoxy groups -OCH3 is 1. The first-order valence-corrected chi connectivity index (χ1v) is 12.0. The molecule has 0 saturated carbocycles. The molecule has 7 heteroatoms. The predicted molar refractivity (Wildman–Crippen MR) is 136 cm³/mol. The molecule has 178 valence electrons. The summed E-state index contributed by atoms with van der Waals surface area (Å²) >= 11 is 1.46. The Bertz CT molecular complexity index is 1260. The predicted octanol–water partition coefficient (Wildman–Crippen LogP) is 5.53. The van der Waals surface area contributed by atoms with Crippen LogP contribution in [0.2, 0.25) is 0 Å². The molecule has 0 aliphatic carbocycles. The topological polar surface area (TPSA) is 58.6 Å². The van der Waals surface area contributed by atoms with Crippen LogP contribution in [0, 0.1) is 5.82 Å². The summed E-state index contributed by atoms with van der Waals surface area (Å²) in [7, 11) is 1.58. The molecule has 0 saturated heterocycles. The number of carbonyl (C=O) groups excluding carboxylic acids is 2. The third kappa shape index (κ3) is 5.94. The van der Waals surface area contributed by atoms with Gasteiger partial charge >= 0.3 is 0 Å². The molecule has 1 unspecified atom stereocenters. The molecule has 0 fully saturated rings. The van der Waals surface area contributed by atoms with E-state index in [1.807, 2.05) is 35.7 Å². The van der Waals surface area contributed by atoms with Crippen LogP contribution in [-0.2, 0) is 22.6 Å². The van der Waals surface area contributed by atoms with Crippen molar-refractivity contribution in [3.63, 3.8) is 0 Å². The number of halogens is 1. The van der Waals surface area contributed by atoms with E-state index in [0.29, 0.717) is 11.4 Å². The summed E-state index contributed by atoms with van der Waals surface area (Å²) in [6.07, 6.45) is 0.100. The van der Waals surface area contributed by atoms with Crippen LogP contribution >= 0.6 is 11.3 Å². The molecule has 0 radical (unpaired) electrons. The lowest BCUT2D eigenvalue weighted by atomic mass is 10.0. The minimum absolute atomic E-state index is 0.100. The first kappa shape index (κ1) is 24.2. The standard InChI is InChI=1S/C28H25FN2O3S/c1-34-22-15-13-20(14-16-22)19-30-28(33)27(24-11-5-6-12-25(24)29)31(21-8-3-2-4-9-21)26(32)18-23-10-7-17-35-23/h2-17,27H,18-19H2,1H3,(H,30,33). The molecular weight excluding hydrogens is 463 g/mol. The second kappa shape index (κ2) is 11.4. The second-order valence-corrected chi connectivity index (χ2v) is 8.88. The number of amides is 2. The number of para-hydroxylation sites is 1. The SMILES string of the molecule is COc1ccc(CNC(=O)C(c2ccccc2F)N(C(=O)Cc2cccs2)c2ccccc2)cc1. The van der Waals surface area contributed by atoms with Gasteiger partial charge in [0.1, 0.15) is 17.6 Å². The number of hydrogen-bond acceptors (Lipinski definition) is 4. The molecule has 5 nitrogen and oxygen atoms in total. The van der Waals surface area contributed by atoms with Gasteiger partial charge in [-0.15, -0.1) is 11.3 Å². The van der Waals surface area contributed by atoms with Crippen molar-refractivity contribution in [2.24, 2.45) is 0 Å². The maximum atomic E-state index is 15.0. The van der Waals surface area contributed by atoms with Crippen LogP contribution in [0.15, 0.2) is 96.4 Å². The van der Waals surface area contributed by atoms with E-state index >= 15 is 4.39 Å². The summed E-state index contributed by atoms with van der Waals surface area (Å²) < 4.78 is 20.2. The molecule has 0 aliphatic heterocycles. The highest BCUT2D eigenvalue weighted by Crippen LogP contribution is 2.30. The number of thiophene rings is 1. The molecule has 1 atom stereocenters. The zero-order valence-electron chi connectivity index (χ0n) is 19.2. The average molecular weight is 489 g/mol. The Morgan fingerprint density at radius 1 is 0.943 bits per heavy atom. The quantitative estimate of drug-likeness (QED) is 0.337. The molecule has 4 aromatic rings. The van der Waals surface area contributed by atoms with E-state index in [1.54, 1.807) is 61.7 Å². The Labute approximate surface area is 207 Å². The van der Waals surface area contributed by atoms with E-state index in [0.717, 1.165) is 10.4 Å². The minimum atomic E-state index is -1.19. The Morgan fingerprint density at radius 3 is 2.31 bits per heavy atom. The number of benzene rings is 3. The summed E-state index contributed by atoms with van der Waals surface area (Å²) in [6, 6.07) is 24.8. The molecule has 35 heavy (non-hydrogen) atoms. The fraction of sp³-hybridized carbons (Fsp3) is 0.143. The van der Waals surface area contributed by atoms with Crippen LogP contribution in [0.1, 0.15) is 22.0 Å². The minimum Gasteiger partial charge on any atom is -0.497 e. The van der Waals surface area contributed by atoms with E-state index in [1.165, 1.54) is 22.3 Å². The first-order valence-electron chi connectivity index (χ1n) is 11.1. The van der Waals surface area contributed by atoms with Crippen LogP contribution in [0.25, 0.3) is 0 Å². The molecule has 1 aromatic heterocycles. The monoisotopic (exact) mass is 488 g/mol. The molecular formula is C28H25FN2O3S. The number of anilines is 1. The highest BCUT2D eigenvalue weighted by atomic mass is 32.1. The molecule has 2 amide bonds. The third-order valence-electron chi connectivity index (χ3n) is 5.54. The van der Waals surface area contributed by atoms with Crippen LogP contribution < -0.4 is 15.0 Å². The molecule has 1 N–H and O–H groups in total. The van der Waals surface area contributed by atoms with Gasteiger partial charge in [0.25, 0.3) is 0 Å². The molecule has 0 aliphatic rings. The van der Waals surface area contributed by atoms with Gasteiger partial charge in [-0.2, -0.15) is 0 Å². The number of rotatable bonds is 9. The van der Waals surface area contributed by atoms with Gasteiger partial charge in [-0.1, -0.05) is 54.6 Å². The fourth-order valence-corrected chi connectivity index (χ4v) is 4.49. The zero-order chi connectivity index (χ0) is 24.6. The van der Waals surface area contributed by atoms with Crippen molar-refractivity contribution in [1.29, 1.82) is 0 Å². The Hall–Kier alpha value is -3.97. The second-order valence-electron chi connectivity index (χ2n) is 7.85.